The highest BCUT2D eigenvalue weighted by Crippen LogP contribution is 2.31. The van der Waals surface area contributed by atoms with Crippen molar-refractivity contribution >= 4 is 29.1 Å². The van der Waals surface area contributed by atoms with Crippen LogP contribution in [0.1, 0.15) is 0 Å². The molecule has 0 bridgehead atoms. The van der Waals surface area contributed by atoms with Gasteiger partial charge in [0.25, 0.3) is 0 Å². The molecule has 0 heterocycles. The van der Waals surface area contributed by atoms with Crippen LogP contribution in [0.3, 0.4) is 0 Å². The van der Waals surface area contributed by atoms with Crippen LogP contribution < -0.4 is 10.1 Å². The fourth-order valence-electron chi connectivity index (χ4n) is 1.49. The first-order chi connectivity index (χ1) is 10.4. The monoisotopic (exact) mass is 346 g/mol. The maximum absolute atomic E-state index is 11.5. The quantitative estimate of drug-likeness (QED) is 0.706. The fourth-order valence-corrected chi connectivity index (χ4v) is 1.83. The smallest absolute Gasteiger partial charge is 0.243 e. The minimum atomic E-state index is -0.846. The van der Waals surface area contributed by atoms with Gasteiger partial charge in [-0.2, -0.15) is 0 Å². The van der Waals surface area contributed by atoms with Crippen molar-refractivity contribution in [2.45, 2.75) is 6.10 Å². The summed E-state index contributed by atoms with van der Waals surface area (Å²) in [6, 6.07) is 5.00. The van der Waals surface area contributed by atoms with Gasteiger partial charge >= 0.3 is 0 Å². The van der Waals surface area contributed by atoms with Gasteiger partial charge in [-0.3, -0.25) is 4.79 Å². The summed E-state index contributed by atoms with van der Waals surface area (Å²) in [6.07, 6.45) is 2.33. The van der Waals surface area contributed by atoms with Crippen molar-refractivity contribution in [3.8, 4) is 5.75 Å². The van der Waals surface area contributed by atoms with Crippen molar-refractivity contribution in [3.05, 3.63) is 40.4 Å². The highest BCUT2D eigenvalue weighted by Gasteiger charge is 2.10. The third-order valence-electron chi connectivity index (χ3n) is 2.60. The van der Waals surface area contributed by atoms with Crippen LogP contribution in [-0.2, 0) is 4.79 Å². The Hall–Kier alpha value is -1.27. The Bertz CT molecular complexity index is 522. The van der Waals surface area contributed by atoms with E-state index in [0.717, 1.165) is 0 Å². The van der Waals surface area contributed by atoms with Crippen LogP contribution in [0.2, 0.25) is 10.0 Å². The normalized spacial score (nSPS) is 12.6. The van der Waals surface area contributed by atoms with Crippen LogP contribution in [0.15, 0.2) is 30.4 Å². The van der Waals surface area contributed by atoms with Crippen molar-refractivity contribution in [1.29, 1.82) is 0 Å². The van der Waals surface area contributed by atoms with Gasteiger partial charge in [-0.25, -0.2) is 0 Å². The predicted octanol–water partition coefficient (Wildman–Crippen LogP) is 1.97. The zero-order valence-electron chi connectivity index (χ0n) is 12.6. The lowest BCUT2D eigenvalue weighted by Gasteiger charge is -2.14. The second-order valence-electron chi connectivity index (χ2n) is 4.93. The largest absolute Gasteiger partial charge is 0.489 e. The molecular formula is C15H20Cl2N2O3. The average molecular weight is 347 g/mol. The highest BCUT2D eigenvalue weighted by molar-refractivity contribution is 6.42. The number of rotatable bonds is 8. The molecule has 0 aliphatic carbocycles. The van der Waals surface area contributed by atoms with Crippen LogP contribution in [0.4, 0.5) is 0 Å². The first-order valence-corrected chi connectivity index (χ1v) is 7.49. The zero-order chi connectivity index (χ0) is 16.5. The lowest BCUT2D eigenvalue weighted by atomic mass is 10.3. The van der Waals surface area contributed by atoms with Gasteiger partial charge in [-0.1, -0.05) is 35.3 Å². The number of amides is 1. The van der Waals surface area contributed by atoms with Gasteiger partial charge in [0.15, 0.2) is 0 Å². The Morgan fingerprint density at radius 2 is 2.18 bits per heavy atom. The summed E-state index contributed by atoms with van der Waals surface area (Å²) in [5, 5.41) is 13.1. The lowest BCUT2D eigenvalue weighted by Crippen LogP contribution is -2.34. The third kappa shape index (κ3) is 7.13. The van der Waals surface area contributed by atoms with Crippen LogP contribution in [0.25, 0.3) is 0 Å². The van der Waals surface area contributed by atoms with Gasteiger partial charge in [0, 0.05) is 19.2 Å². The molecule has 0 aromatic heterocycles. The summed E-state index contributed by atoms with van der Waals surface area (Å²) in [7, 11) is 3.81. The van der Waals surface area contributed by atoms with Gasteiger partial charge in [-0.05, 0) is 26.2 Å². The summed E-state index contributed by atoms with van der Waals surface area (Å²) < 4.78 is 5.38. The molecule has 5 nitrogen and oxygen atoms in total. The Balaban J connectivity index is 2.31. The molecule has 0 saturated carbocycles. The van der Waals surface area contributed by atoms with E-state index in [-0.39, 0.29) is 19.1 Å². The molecule has 122 valence electrons. The van der Waals surface area contributed by atoms with Crippen molar-refractivity contribution < 1.29 is 14.6 Å². The Morgan fingerprint density at radius 3 is 2.86 bits per heavy atom. The van der Waals surface area contributed by atoms with E-state index in [1.165, 1.54) is 6.08 Å². The SMILES string of the molecule is CN(C)C/C=C/C(=O)NCC(O)COc1cccc(Cl)c1Cl. The minimum Gasteiger partial charge on any atom is -0.489 e. The van der Waals surface area contributed by atoms with E-state index in [9.17, 15) is 9.90 Å². The molecule has 1 atom stereocenters. The molecule has 0 aliphatic rings. The molecule has 0 saturated heterocycles. The van der Waals surface area contributed by atoms with Gasteiger partial charge < -0.3 is 20.1 Å². The van der Waals surface area contributed by atoms with E-state index in [1.807, 2.05) is 19.0 Å². The molecule has 1 aromatic carbocycles. The number of aliphatic hydroxyl groups excluding tert-OH is 1. The molecular weight excluding hydrogens is 327 g/mol. The highest BCUT2D eigenvalue weighted by atomic mass is 35.5. The number of aliphatic hydroxyl groups is 1. The molecule has 2 N–H and O–H groups in total. The van der Waals surface area contributed by atoms with Gasteiger partial charge in [0.2, 0.25) is 5.91 Å². The van der Waals surface area contributed by atoms with E-state index in [2.05, 4.69) is 5.32 Å². The number of carbonyl (C=O) groups is 1. The zero-order valence-corrected chi connectivity index (χ0v) is 14.1. The molecule has 1 amide bonds. The van der Waals surface area contributed by atoms with Crippen LogP contribution in [0.5, 0.6) is 5.75 Å². The van der Waals surface area contributed by atoms with E-state index >= 15 is 0 Å². The summed E-state index contributed by atoms with van der Waals surface area (Å²) in [5.41, 5.74) is 0. The molecule has 1 aromatic rings. The Morgan fingerprint density at radius 1 is 1.45 bits per heavy atom. The van der Waals surface area contributed by atoms with Crippen molar-refractivity contribution in [2.24, 2.45) is 0 Å². The van der Waals surface area contributed by atoms with Crippen molar-refractivity contribution in [2.75, 3.05) is 33.8 Å². The number of hydrogen-bond donors (Lipinski definition) is 2. The van der Waals surface area contributed by atoms with Gasteiger partial charge in [-0.15, -0.1) is 0 Å². The molecule has 0 spiro atoms. The van der Waals surface area contributed by atoms with E-state index < -0.39 is 6.10 Å². The maximum atomic E-state index is 11.5. The molecule has 1 unspecified atom stereocenters. The maximum Gasteiger partial charge on any atom is 0.243 e. The van der Waals surface area contributed by atoms with Crippen molar-refractivity contribution in [1.82, 2.24) is 10.2 Å². The number of carbonyl (C=O) groups excluding carboxylic acids is 1. The second-order valence-corrected chi connectivity index (χ2v) is 5.71. The molecule has 1 rings (SSSR count). The van der Waals surface area contributed by atoms with Crippen molar-refractivity contribution in [3.63, 3.8) is 0 Å². The molecule has 0 radical (unpaired) electrons. The summed E-state index contributed by atoms with van der Waals surface area (Å²) in [6.45, 7) is 0.761. The number of likely N-dealkylation sites (N-methyl/N-ethyl adjacent to an activating group) is 1. The third-order valence-corrected chi connectivity index (χ3v) is 3.40. The van der Waals surface area contributed by atoms with E-state index in [1.54, 1.807) is 24.3 Å². The van der Waals surface area contributed by atoms with Crippen LogP contribution >= 0.6 is 23.2 Å². The topological polar surface area (TPSA) is 61.8 Å². The number of halogens is 2. The number of hydrogen-bond acceptors (Lipinski definition) is 4. The molecule has 22 heavy (non-hydrogen) atoms. The summed E-state index contributed by atoms with van der Waals surface area (Å²) in [5.74, 6) is 0.132. The molecule has 0 fully saturated rings. The van der Waals surface area contributed by atoms with Crippen LogP contribution in [-0.4, -0.2) is 55.8 Å². The number of nitrogens with zero attached hydrogens (tertiary/aromatic N) is 1. The fraction of sp³-hybridized carbons (Fsp3) is 0.400. The summed E-state index contributed by atoms with van der Waals surface area (Å²) in [4.78, 5) is 13.4. The standard InChI is InChI=1S/C15H20Cl2N2O3/c1-19(2)8-4-7-14(21)18-9-11(20)10-22-13-6-3-5-12(16)15(13)17/h3-7,11,20H,8-10H2,1-2H3,(H,18,21)/b7-4+. The minimum absolute atomic E-state index is 0.00174. The van der Waals surface area contributed by atoms with Gasteiger partial charge in [0.1, 0.15) is 23.5 Å². The molecule has 7 heteroatoms. The summed E-state index contributed by atoms with van der Waals surface area (Å²) >= 11 is 11.8. The predicted molar refractivity (Wildman–Crippen MR) is 88.7 cm³/mol. The first kappa shape index (κ1) is 18.8. The average Bonchev–Trinajstić information content (AvgIpc) is 2.46. The van der Waals surface area contributed by atoms with Gasteiger partial charge in [0.05, 0.1) is 5.02 Å². The number of nitrogens with one attached hydrogen (secondary N) is 1. The van der Waals surface area contributed by atoms with E-state index in [4.69, 9.17) is 27.9 Å². The Labute approximate surface area is 140 Å². The first-order valence-electron chi connectivity index (χ1n) is 6.74. The number of ether oxygens (including phenoxy) is 1. The number of benzene rings is 1. The second kappa shape index (κ2) is 9.69. The molecule has 0 aliphatic heterocycles. The Kier molecular flexibility index (Phi) is 8.27. The lowest BCUT2D eigenvalue weighted by molar-refractivity contribution is -0.117. The van der Waals surface area contributed by atoms with Crippen LogP contribution in [0, 0.1) is 0 Å². The van der Waals surface area contributed by atoms with E-state index in [0.29, 0.717) is 22.3 Å².